The minimum Gasteiger partial charge on any atom is -0.303 e. The van der Waals surface area contributed by atoms with E-state index in [0.717, 1.165) is 9.88 Å². The predicted octanol–water partition coefficient (Wildman–Crippen LogP) is 2.37. The smallest absolute Gasteiger partial charge is 0.250 e. The first-order valence-corrected chi connectivity index (χ1v) is 4.85. The molecular weight excluding hydrogens is 194 g/mol. The summed E-state index contributed by atoms with van der Waals surface area (Å²) in [5.74, 6) is 0. The summed E-state index contributed by atoms with van der Waals surface area (Å²) in [6, 6.07) is -0.0901. The molecule has 0 saturated heterocycles. The van der Waals surface area contributed by atoms with Crippen LogP contribution in [0.3, 0.4) is 0 Å². The van der Waals surface area contributed by atoms with Gasteiger partial charge in [0.15, 0.2) is 0 Å². The summed E-state index contributed by atoms with van der Waals surface area (Å²) < 4.78 is 23.7. The molecule has 0 fully saturated rings. The minimum absolute atomic E-state index is 0.0901. The summed E-state index contributed by atoms with van der Waals surface area (Å²) in [6.07, 6.45) is -0.552. The zero-order valence-electron chi connectivity index (χ0n) is 7.55. The number of halogens is 2. The van der Waals surface area contributed by atoms with Crippen molar-refractivity contribution in [2.45, 2.75) is 26.3 Å². The molecule has 13 heavy (non-hydrogen) atoms. The van der Waals surface area contributed by atoms with Crippen LogP contribution >= 0.6 is 11.3 Å². The SMILES string of the molecule is Cc1cnc(C(C)NCC(F)F)s1. The van der Waals surface area contributed by atoms with Crippen molar-refractivity contribution in [2.24, 2.45) is 0 Å². The van der Waals surface area contributed by atoms with Crippen LogP contribution in [0.5, 0.6) is 0 Å². The van der Waals surface area contributed by atoms with Crippen molar-refractivity contribution in [1.29, 1.82) is 0 Å². The molecule has 1 aromatic heterocycles. The van der Waals surface area contributed by atoms with E-state index in [1.165, 1.54) is 11.3 Å². The first-order chi connectivity index (χ1) is 6.09. The third kappa shape index (κ3) is 3.36. The summed E-state index contributed by atoms with van der Waals surface area (Å²) in [5, 5.41) is 3.57. The van der Waals surface area contributed by atoms with Gasteiger partial charge in [-0.1, -0.05) is 0 Å². The fourth-order valence-corrected chi connectivity index (χ4v) is 1.73. The highest BCUT2D eigenvalue weighted by molar-refractivity contribution is 7.11. The number of aryl methyl sites for hydroxylation is 1. The Morgan fingerprint density at radius 2 is 2.31 bits per heavy atom. The Kier molecular flexibility index (Phi) is 3.74. The minimum atomic E-state index is -2.30. The van der Waals surface area contributed by atoms with Gasteiger partial charge in [0.05, 0.1) is 12.6 Å². The number of hydrogen-bond donors (Lipinski definition) is 1. The number of thiazole rings is 1. The first-order valence-electron chi connectivity index (χ1n) is 4.03. The fraction of sp³-hybridized carbons (Fsp3) is 0.625. The molecule has 0 aliphatic heterocycles. The Balaban J connectivity index is 2.44. The lowest BCUT2D eigenvalue weighted by Gasteiger charge is -2.09. The highest BCUT2D eigenvalue weighted by Crippen LogP contribution is 2.18. The predicted molar refractivity (Wildman–Crippen MR) is 49.3 cm³/mol. The maximum atomic E-state index is 11.8. The number of alkyl halides is 2. The first kappa shape index (κ1) is 10.5. The Bertz CT molecular complexity index is 262. The van der Waals surface area contributed by atoms with Crippen LogP contribution in [0.25, 0.3) is 0 Å². The molecule has 1 N–H and O–H groups in total. The lowest BCUT2D eigenvalue weighted by molar-refractivity contribution is 0.142. The van der Waals surface area contributed by atoms with E-state index in [-0.39, 0.29) is 12.6 Å². The molecule has 1 heterocycles. The van der Waals surface area contributed by atoms with E-state index in [1.54, 1.807) is 6.20 Å². The molecule has 1 atom stereocenters. The van der Waals surface area contributed by atoms with Crippen molar-refractivity contribution in [1.82, 2.24) is 10.3 Å². The number of nitrogens with one attached hydrogen (secondary N) is 1. The maximum Gasteiger partial charge on any atom is 0.250 e. The van der Waals surface area contributed by atoms with Gasteiger partial charge >= 0.3 is 0 Å². The molecule has 0 amide bonds. The van der Waals surface area contributed by atoms with E-state index in [4.69, 9.17) is 0 Å². The van der Waals surface area contributed by atoms with Crippen molar-refractivity contribution >= 4 is 11.3 Å². The lowest BCUT2D eigenvalue weighted by atomic mass is 10.3. The van der Waals surface area contributed by atoms with Crippen molar-refractivity contribution in [3.05, 3.63) is 16.1 Å². The van der Waals surface area contributed by atoms with Crippen LogP contribution < -0.4 is 5.32 Å². The van der Waals surface area contributed by atoms with Gasteiger partial charge in [-0.05, 0) is 13.8 Å². The molecule has 0 saturated carbocycles. The fourth-order valence-electron chi connectivity index (χ4n) is 0.926. The Morgan fingerprint density at radius 3 is 2.77 bits per heavy atom. The molecule has 0 bridgehead atoms. The van der Waals surface area contributed by atoms with E-state index >= 15 is 0 Å². The molecule has 0 aromatic carbocycles. The van der Waals surface area contributed by atoms with Gasteiger partial charge in [0.25, 0.3) is 6.43 Å². The molecule has 1 aromatic rings. The largest absolute Gasteiger partial charge is 0.303 e. The second kappa shape index (κ2) is 4.62. The van der Waals surface area contributed by atoms with Gasteiger partial charge < -0.3 is 5.32 Å². The summed E-state index contributed by atoms with van der Waals surface area (Å²) in [4.78, 5) is 5.20. The van der Waals surface area contributed by atoms with Gasteiger partial charge in [0.1, 0.15) is 5.01 Å². The topological polar surface area (TPSA) is 24.9 Å². The molecule has 0 spiro atoms. The Morgan fingerprint density at radius 1 is 1.62 bits per heavy atom. The molecule has 0 aliphatic carbocycles. The third-order valence-electron chi connectivity index (χ3n) is 1.59. The zero-order valence-corrected chi connectivity index (χ0v) is 8.37. The van der Waals surface area contributed by atoms with Gasteiger partial charge in [-0.25, -0.2) is 13.8 Å². The number of rotatable bonds is 4. The Labute approximate surface area is 80.0 Å². The summed E-state index contributed by atoms with van der Waals surface area (Å²) in [6.45, 7) is 3.50. The van der Waals surface area contributed by atoms with E-state index in [1.807, 2.05) is 13.8 Å². The molecule has 74 valence electrons. The van der Waals surface area contributed by atoms with Gasteiger partial charge in [-0.2, -0.15) is 0 Å². The average molecular weight is 206 g/mol. The van der Waals surface area contributed by atoms with Crippen LogP contribution in [-0.4, -0.2) is 18.0 Å². The number of nitrogens with zero attached hydrogens (tertiary/aromatic N) is 1. The van der Waals surface area contributed by atoms with Crippen molar-refractivity contribution < 1.29 is 8.78 Å². The molecule has 1 rings (SSSR count). The summed E-state index contributed by atoms with van der Waals surface area (Å²) in [5.41, 5.74) is 0. The molecule has 0 radical (unpaired) electrons. The van der Waals surface area contributed by atoms with Gasteiger partial charge in [-0.3, -0.25) is 0 Å². The van der Waals surface area contributed by atoms with Crippen LogP contribution in [0.15, 0.2) is 6.20 Å². The van der Waals surface area contributed by atoms with E-state index in [0.29, 0.717) is 0 Å². The molecule has 1 unspecified atom stereocenters. The van der Waals surface area contributed by atoms with Gasteiger partial charge in [-0.15, -0.1) is 11.3 Å². The number of aromatic nitrogens is 1. The summed E-state index contributed by atoms with van der Waals surface area (Å²) >= 11 is 1.53. The highest BCUT2D eigenvalue weighted by atomic mass is 32.1. The number of hydrogen-bond acceptors (Lipinski definition) is 3. The molecule has 0 aliphatic rings. The second-order valence-electron chi connectivity index (χ2n) is 2.83. The monoisotopic (exact) mass is 206 g/mol. The molecular formula is C8H12F2N2S. The molecule has 5 heteroatoms. The Hall–Kier alpha value is -0.550. The van der Waals surface area contributed by atoms with Crippen LogP contribution in [0, 0.1) is 6.92 Å². The maximum absolute atomic E-state index is 11.8. The lowest BCUT2D eigenvalue weighted by Crippen LogP contribution is -2.24. The normalized spacial score (nSPS) is 13.6. The van der Waals surface area contributed by atoms with Crippen molar-refractivity contribution in [3.8, 4) is 0 Å². The standard InChI is InChI=1S/C8H12F2N2S/c1-5-3-12-8(13-5)6(2)11-4-7(9)10/h3,6-7,11H,4H2,1-2H3. The quantitative estimate of drug-likeness (QED) is 0.818. The molecule has 2 nitrogen and oxygen atoms in total. The average Bonchev–Trinajstić information content (AvgIpc) is 2.47. The van der Waals surface area contributed by atoms with Crippen LogP contribution in [-0.2, 0) is 0 Å². The van der Waals surface area contributed by atoms with E-state index < -0.39 is 6.43 Å². The zero-order chi connectivity index (χ0) is 9.84. The second-order valence-corrected chi connectivity index (χ2v) is 4.10. The third-order valence-corrected chi connectivity index (χ3v) is 2.68. The van der Waals surface area contributed by atoms with Crippen LogP contribution in [0.1, 0.15) is 22.9 Å². The van der Waals surface area contributed by atoms with E-state index in [9.17, 15) is 8.78 Å². The summed E-state index contributed by atoms with van der Waals surface area (Å²) in [7, 11) is 0. The van der Waals surface area contributed by atoms with E-state index in [2.05, 4.69) is 10.3 Å². The van der Waals surface area contributed by atoms with Crippen molar-refractivity contribution in [3.63, 3.8) is 0 Å². The van der Waals surface area contributed by atoms with Crippen LogP contribution in [0.4, 0.5) is 8.78 Å². The van der Waals surface area contributed by atoms with Gasteiger partial charge in [0, 0.05) is 11.1 Å². The van der Waals surface area contributed by atoms with Crippen LogP contribution in [0.2, 0.25) is 0 Å². The van der Waals surface area contributed by atoms with Crippen molar-refractivity contribution in [2.75, 3.05) is 6.54 Å². The van der Waals surface area contributed by atoms with Gasteiger partial charge in [0.2, 0.25) is 0 Å². The highest BCUT2D eigenvalue weighted by Gasteiger charge is 2.10.